The van der Waals surface area contributed by atoms with E-state index in [-0.39, 0.29) is 5.38 Å². The first kappa shape index (κ1) is 7.03. The molecule has 9 heavy (non-hydrogen) atoms. The van der Waals surface area contributed by atoms with Crippen LogP contribution >= 0.6 is 24.2 Å². The van der Waals surface area contributed by atoms with Crippen LogP contribution in [0.25, 0.3) is 0 Å². The zero-order valence-corrected chi connectivity index (χ0v) is 6.49. The molecule has 1 rings (SSSR count). The average molecular weight is 162 g/mol. The lowest BCUT2D eigenvalue weighted by Gasteiger charge is -2.12. The highest BCUT2D eigenvalue weighted by Crippen LogP contribution is 2.21. The lowest BCUT2D eigenvalue weighted by Crippen LogP contribution is -2.14. The molecule has 0 spiro atoms. The molecule has 50 valence electrons. The van der Waals surface area contributed by atoms with Gasteiger partial charge in [0.25, 0.3) is 0 Å². The summed E-state index contributed by atoms with van der Waals surface area (Å²) in [6, 6.07) is 0. The Morgan fingerprint density at radius 2 is 2.44 bits per heavy atom. The van der Waals surface area contributed by atoms with E-state index < -0.39 is 0 Å². The van der Waals surface area contributed by atoms with Crippen LogP contribution in [-0.2, 0) is 0 Å². The van der Waals surface area contributed by atoms with E-state index in [2.05, 4.69) is 12.6 Å². The van der Waals surface area contributed by atoms with Gasteiger partial charge < -0.3 is 5.73 Å². The fourth-order valence-electron chi connectivity index (χ4n) is 0.683. The summed E-state index contributed by atoms with van der Waals surface area (Å²) in [7, 11) is 0. The molecular formula is C6H8ClNS. The maximum absolute atomic E-state index is 5.78. The molecule has 1 aliphatic carbocycles. The monoisotopic (exact) mass is 161 g/mol. The van der Waals surface area contributed by atoms with E-state index in [4.69, 9.17) is 17.3 Å². The summed E-state index contributed by atoms with van der Waals surface area (Å²) >= 11 is 9.88. The summed E-state index contributed by atoms with van der Waals surface area (Å²) in [5, 5.41) is -0.0532. The molecule has 0 amide bonds. The first-order valence-corrected chi connectivity index (χ1v) is 3.59. The Kier molecular flexibility index (Phi) is 2.09. The number of nitrogens with two attached hydrogens (primary N) is 1. The van der Waals surface area contributed by atoms with Crippen LogP contribution < -0.4 is 5.73 Å². The summed E-state index contributed by atoms with van der Waals surface area (Å²) in [6.45, 7) is 0. The summed E-state index contributed by atoms with van der Waals surface area (Å²) in [5.74, 6) is 0. The normalized spacial score (nSPS) is 27.1. The van der Waals surface area contributed by atoms with Crippen molar-refractivity contribution in [2.45, 2.75) is 11.8 Å². The summed E-state index contributed by atoms with van der Waals surface area (Å²) in [6.07, 6.45) is 4.66. The van der Waals surface area contributed by atoms with Gasteiger partial charge in [-0.3, -0.25) is 0 Å². The van der Waals surface area contributed by atoms with Gasteiger partial charge in [-0.05, 0) is 6.42 Å². The maximum atomic E-state index is 5.78. The summed E-state index contributed by atoms with van der Waals surface area (Å²) in [5.41, 5.74) is 6.22. The van der Waals surface area contributed by atoms with E-state index in [1.807, 2.05) is 12.2 Å². The van der Waals surface area contributed by atoms with Crippen LogP contribution in [0, 0.1) is 0 Å². The van der Waals surface area contributed by atoms with Crippen molar-refractivity contribution in [3.8, 4) is 0 Å². The van der Waals surface area contributed by atoms with Gasteiger partial charge >= 0.3 is 0 Å². The van der Waals surface area contributed by atoms with E-state index >= 15 is 0 Å². The molecule has 0 radical (unpaired) electrons. The van der Waals surface area contributed by atoms with Crippen LogP contribution in [-0.4, -0.2) is 5.38 Å². The van der Waals surface area contributed by atoms with Crippen LogP contribution in [0.15, 0.2) is 22.8 Å². The van der Waals surface area contributed by atoms with E-state index in [1.54, 1.807) is 0 Å². The molecule has 0 saturated carbocycles. The van der Waals surface area contributed by atoms with Crippen molar-refractivity contribution < 1.29 is 0 Å². The average Bonchev–Trinajstić information content (AvgIpc) is 1.83. The number of thiol groups is 1. The van der Waals surface area contributed by atoms with Crippen molar-refractivity contribution in [3.05, 3.63) is 22.8 Å². The molecule has 0 bridgehead atoms. The molecule has 0 saturated heterocycles. The molecule has 0 fully saturated rings. The van der Waals surface area contributed by atoms with Gasteiger partial charge in [0.05, 0.1) is 5.38 Å². The highest BCUT2D eigenvalue weighted by molar-refractivity contribution is 7.84. The Labute approximate surface area is 65.0 Å². The Hall–Kier alpha value is -0.0800. The number of hydrogen-bond donors (Lipinski definition) is 2. The Bertz CT molecular complexity index is 174. The third kappa shape index (κ3) is 1.43. The highest BCUT2D eigenvalue weighted by atomic mass is 35.5. The quantitative estimate of drug-likeness (QED) is 0.410. The number of rotatable bonds is 0. The highest BCUT2D eigenvalue weighted by Gasteiger charge is 2.11. The zero-order chi connectivity index (χ0) is 6.85. The van der Waals surface area contributed by atoms with Crippen molar-refractivity contribution in [3.63, 3.8) is 0 Å². The van der Waals surface area contributed by atoms with E-state index in [0.29, 0.717) is 5.70 Å². The number of allylic oxidation sites excluding steroid dienone is 3. The number of halogens is 1. The molecule has 0 heterocycles. The predicted octanol–water partition coefficient (Wildman–Crippen LogP) is 1.65. The molecule has 1 unspecified atom stereocenters. The second kappa shape index (κ2) is 2.67. The second-order valence-corrected chi connectivity index (χ2v) is 2.95. The first-order valence-electron chi connectivity index (χ1n) is 2.71. The molecule has 2 N–H and O–H groups in total. The van der Waals surface area contributed by atoms with Crippen LogP contribution in [0.1, 0.15) is 6.42 Å². The molecule has 0 aliphatic heterocycles. The molecule has 3 heteroatoms. The molecule has 1 nitrogen and oxygen atoms in total. The minimum Gasteiger partial charge on any atom is -0.400 e. The van der Waals surface area contributed by atoms with E-state index in [9.17, 15) is 0 Å². The van der Waals surface area contributed by atoms with Gasteiger partial charge in [0.2, 0.25) is 0 Å². The van der Waals surface area contributed by atoms with Gasteiger partial charge in [-0.25, -0.2) is 0 Å². The molecule has 0 aromatic carbocycles. The van der Waals surface area contributed by atoms with Crippen LogP contribution in [0.2, 0.25) is 0 Å². The maximum Gasteiger partial charge on any atom is 0.0775 e. The molecule has 0 aromatic heterocycles. The van der Waals surface area contributed by atoms with Crippen LogP contribution in [0.5, 0.6) is 0 Å². The number of alkyl halides is 1. The van der Waals surface area contributed by atoms with Crippen molar-refractivity contribution in [2.75, 3.05) is 0 Å². The van der Waals surface area contributed by atoms with E-state index in [0.717, 1.165) is 11.3 Å². The van der Waals surface area contributed by atoms with Gasteiger partial charge in [-0.2, -0.15) is 0 Å². The third-order valence-corrected chi connectivity index (χ3v) is 2.07. The topological polar surface area (TPSA) is 26.0 Å². The molecule has 1 atom stereocenters. The Balaban J connectivity index is 2.83. The Morgan fingerprint density at radius 3 is 2.89 bits per heavy atom. The molecule has 0 aromatic rings. The van der Waals surface area contributed by atoms with Gasteiger partial charge in [0, 0.05) is 10.6 Å². The first-order chi connectivity index (χ1) is 4.22. The lowest BCUT2D eigenvalue weighted by atomic mass is 10.1. The predicted molar refractivity (Wildman–Crippen MR) is 43.6 cm³/mol. The van der Waals surface area contributed by atoms with Crippen molar-refractivity contribution in [2.24, 2.45) is 5.73 Å². The van der Waals surface area contributed by atoms with Crippen LogP contribution in [0.3, 0.4) is 0 Å². The fourth-order valence-corrected chi connectivity index (χ4v) is 1.24. The minimum absolute atomic E-state index is 0.0532. The standard InChI is InChI=1S/C6H8ClNS/c7-4-2-1-3-5(9)6(4)8/h1,3-4,9H,2,8H2. The smallest absolute Gasteiger partial charge is 0.0775 e. The van der Waals surface area contributed by atoms with Gasteiger partial charge in [-0.1, -0.05) is 12.2 Å². The van der Waals surface area contributed by atoms with E-state index in [1.165, 1.54) is 0 Å². The SMILES string of the molecule is NC1=C(S)C=CCC1Cl. The summed E-state index contributed by atoms with van der Waals surface area (Å²) < 4.78 is 0. The minimum atomic E-state index is -0.0532. The second-order valence-electron chi connectivity index (χ2n) is 1.95. The van der Waals surface area contributed by atoms with Crippen molar-refractivity contribution >= 4 is 24.2 Å². The fraction of sp³-hybridized carbons (Fsp3) is 0.333. The van der Waals surface area contributed by atoms with Gasteiger partial charge in [0.15, 0.2) is 0 Å². The molecular weight excluding hydrogens is 154 g/mol. The van der Waals surface area contributed by atoms with Crippen molar-refractivity contribution in [1.29, 1.82) is 0 Å². The third-order valence-electron chi connectivity index (χ3n) is 1.25. The Morgan fingerprint density at radius 1 is 1.78 bits per heavy atom. The summed E-state index contributed by atoms with van der Waals surface area (Å²) in [4.78, 5) is 0.793. The molecule has 1 aliphatic rings. The lowest BCUT2D eigenvalue weighted by molar-refractivity contribution is 0.949. The largest absolute Gasteiger partial charge is 0.400 e. The van der Waals surface area contributed by atoms with Crippen molar-refractivity contribution in [1.82, 2.24) is 0 Å². The van der Waals surface area contributed by atoms with Gasteiger partial charge in [0.1, 0.15) is 0 Å². The van der Waals surface area contributed by atoms with Crippen LogP contribution in [0.4, 0.5) is 0 Å². The number of hydrogen-bond acceptors (Lipinski definition) is 2. The van der Waals surface area contributed by atoms with Gasteiger partial charge in [-0.15, -0.1) is 24.2 Å². The zero-order valence-electron chi connectivity index (χ0n) is 4.84.